The summed E-state index contributed by atoms with van der Waals surface area (Å²) in [7, 11) is 0. The Labute approximate surface area is 104 Å². The van der Waals surface area contributed by atoms with Crippen LogP contribution in [0, 0.1) is 5.92 Å². The summed E-state index contributed by atoms with van der Waals surface area (Å²) in [5.41, 5.74) is 2.35. The Kier molecular flexibility index (Phi) is 5.41. The van der Waals surface area contributed by atoms with Crippen LogP contribution < -0.4 is 0 Å². The van der Waals surface area contributed by atoms with Gasteiger partial charge in [0, 0.05) is 6.42 Å². The summed E-state index contributed by atoms with van der Waals surface area (Å²) in [6.45, 7) is 5.76. The van der Waals surface area contributed by atoms with Crippen LogP contribution in [0.5, 0.6) is 0 Å². The molecular formula is C16H20O. The van der Waals surface area contributed by atoms with Crippen molar-refractivity contribution in [2.24, 2.45) is 5.92 Å². The molecule has 0 fully saturated rings. The summed E-state index contributed by atoms with van der Waals surface area (Å²) < 4.78 is 0. The van der Waals surface area contributed by atoms with Crippen molar-refractivity contribution in [3.05, 3.63) is 53.6 Å². The molecule has 0 aromatic heterocycles. The molecule has 1 aromatic carbocycles. The van der Waals surface area contributed by atoms with Gasteiger partial charge in [-0.3, -0.25) is 4.79 Å². The molecule has 0 bridgehead atoms. The van der Waals surface area contributed by atoms with Crippen LogP contribution in [0.4, 0.5) is 0 Å². The minimum absolute atomic E-state index is 0.220. The lowest BCUT2D eigenvalue weighted by Gasteiger charge is -2.02. The SMILES string of the molecule is CC(=O)C/C(C)=C/C(C)/C=C/c1ccccc1. The molecule has 1 aromatic rings. The standard InChI is InChI=1S/C16H20O/c1-13(11-14(2)12-15(3)17)9-10-16-7-5-4-6-8-16/h4-11,13H,12H2,1-3H3/b10-9+,14-11+. The van der Waals surface area contributed by atoms with E-state index in [1.807, 2.05) is 25.1 Å². The number of carbonyl (C=O) groups excluding carboxylic acids is 1. The van der Waals surface area contributed by atoms with Gasteiger partial charge in [-0.1, -0.05) is 61.1 Å². The van der Waals surface area contributed by atoms with Gasteiger partial charge in [-0.2, -0.15) is 0 Å². The van der Waals surface area contributed by atoms with E-state index in [1.54, 1.807) is 6.92 Å². The van der Waals surface area contributed by atoms with Gasteiger partial charge in [0.2, 0.25) is 0 Å². The Morgan fingerprint density at radius 3 is 2.47 bits per heavy atom. The first-order chi connectivity index (χ1) is 8.08. The number of hydrogen-bond acceptors (Lipinski definition) is 1. The van der Waals surface area contributed by atoms with Crippen molar-refractivity contribution < 1.29 is 4.79 Å². The molecule has 0 amide bonds. The maximum Gasteiger partial charge on any atom is 0.133 e. The smallest absolute Gasteiger partial charge is 0.133 e. The Balaban J connectivity index is 2.57. The number of hydrogen-bond donors (Lipinski definition) is 0. The molecule has 90 valence electrons. The molecule has 0 radical (unpaired) electrons. The Bertz CT molecular complexity index is 412. The fourth-order valence-electron chi connectivity index (χ4n) is 1.78. The van der Waals surface area contributed by atoms with Crippen LogP contribution in [0.1, 0.15) is 32.8 Å². The highest BCUT2D eigenvalue weighted by Gasteiger charge is 1.98. The third-order valence-corrected chi connectivity index (χ3v) is 2.47. The van der Waals surface area contributed by atoms with E-state index < -0.39 is 0 Å². The van der Waals surface area contributed by atoms with Gasteiger partial charge in [0.05, 0.1) is 0 Å². The summed E-state index contributed by atoms with van der Waals surface area (Å²) in [4.78, 5) is 11.0. The lowest BCUT2D eigenvalue weighted by atomic mass is 10.0. The number of ketones is 1. The third-order valence-electron chi connectivity index (χ3n) is 2.47. The summed E-state index contributed by atoms with van der Waals surface area (Å²) in [6.07, 6.45) is 6.96. The van der Waals surface area contributed by atoms with Crippen LogP contribution in [-0.4, -0.2) is 5.78 Å². The van der Waals surface area contributed by atoms with E-state index in [9.17, 15) is 4.79 Å². The third kappa shape index (κ3) is 5.86. The van der Waals surface area contributed by atoms with Crippen molar-refractivity contribution in [2.75, 3.05) is 0 Å². The lowest BCUT2D eigenvalue weighted by Crippen LogP contribution is -1.93. The first kappa shape index (κ1) is 13.4. The molecule has 0 N–H and O–H groups in total. The first-order valence-electron chi connectivity index (χ1n) is 5.98. The van der Waals surface area contributed by atoms with Crippen molar-refractivity contribution in [1.82, 2.24) is 0 Å². The van der Waals surface area contributed by atoms with Crippen LogP contribution in [0.15, 0.2) is 48.1 Å². The topological polar surface area (TPSA) is 17.1 Å². The highest BCUT2D eigenvalue weighted by Crippen LogP contribution is 2.10. The quantitative estimate of drug-likeness (QED) is 0.688. The average Bonchev–Trinajstić information content (AvgIpc) is 2.26. The van der Waals surface area contributed by atoms with Gasteiger partial charge < -0.3 is 0 Å². The van der Waals surface area contributed by atoms with E-state index in [4.69, 9.17) is 0 Å². The number of carbonyl (C=O) groups is 1. The van der Waals surface area contributed by atoms with Crippen LogP contribution in [0.25, 0.3) is 6.08 Å². The van der Waals surface area contributed by atoms with Crippen molar-refractivity contribution in [2.45, 2.75) is 27.2 Å². The molecule has 0 saturated heterocycles. The Hall–Kier alpha value is -1.63. The highest BCUT2D eigenvalue weighted by molar-refractivity contribution is 5.77. The van der Waals surface area contributed by atoms with Gasteiger partial charge in [0.1, 0.15) is 5.78 Å². The van der Waals surface area contributed by atoms with Gasteiger partial charge in [-0.15, -0.1) is 0 Å². The van der Waals surface area contributed by atoms with E-state index in [-0.39, 0.29) is 5.78 Å². The minimum Gasteiger partial charge on any atom is -0.300 e. The van der Waals surface area contributed by atoms with Crippen molar-refractivity contribution in [1.29, 1.82) is 0 Å². The highest BCUT2D eigenvalue weighted by atomic mass is 16.1. The predicted molar refractivity (Wildman–Crippen MR) is 73.7 cm³/mol. The van der Waals surface area contributed by atoms with E-state index in [1.165, 1.54) is 5.56 Å². The Morgan fingerprint density at radius 2 is 1.88 bits per heavy atom. The summed E-state index contributed by atoms with van der Waals surface area (Å²) in [5.74, 6) is 0.576. The van der Waals surface area contributed by atoms with Crippen LogP contribution in [0.2, 0.25) is 0 Å². The first-order valence-corrected chi connectivity index (χ1v) is 5.98. The maximum atomic E-state index is 11.0. The fraction of sp³-hybridized carbons (Fsp3) is 0.312. The fourth-order valence-corrected chi connectivity index (χ4v) is 1.78. The molecular weight excluding hydrogens is 208 g/mol. The van der Waals surface area contributed by atoms with Crippen molar-refractivity contribution >= 4 is 11.9 Å². The zero-order chi connectivity index (χ0) is 12.7. The van der Waals surface area contributed by atoms with E-state index >= 15 is 0 Å². The predicted octanol–water partition coefficient (Wildman–Crippen LogP) is 4.26. The molecule has 0 heterocycles. The van der Waals surface area contributed by atoms with Gasteiger partial charge in [0.25, 0.3) is 0 Å². The largest absolute Gasteiger partial charge is 0.300 e. The van der Waals surface area contributed by atoms with Gasteiger partial charge >= 0.3 is 0 Å². The molecule has 0 aliphatic heterocycles. The molecule has 0 aliphatic rings. The summed E-state index contributed by atoms with van der Waals surface area (Å²) >= 11 is 0. The van der Waals surface area contributed by atoms with Crippen LogP contribution >= 0.6 is 0 Å². The summed E-state index contributed by atoms with van der Waals surface area (Å²) in [5, 5.41) is 0. The van der Waals surface area contributed by atoms with Crippen molar-refractivity contribution in [3.8, 4) is 0 Å². The molecule has 1 heteroatoms. The van der Waals surface area contributed by atoms with Gasteiger partial charge in [-0.05, 0) is 25.3 Å². The lowest BCUT2D eigenvalue weighted by molar-refractivity contribution is -0.116. The number of rotatable bonds is 5. The maximum absolute atomic E-state index is 11.0. The number of Topliss-reactive ketones (excluding diaryl/α,β-unsaturated/α-hetero) is 1. The molecule has 1 nitrogen and oxygen atoms in total. The summed E-state index contributed by atoms with van der Waals surface area (Å²) in [6, 6.07) is 10.2. The second kappa shape index (κ2) is 6.85. The average molecular weight is 228 g/mol. The number of allylic oxidation sites excluding steroid dienone is 3. The van der Waals surface area contributed by atoms with Crippen molar-refractivity contribution in [3.63, 3.8) is 0 Å². The molecule has 0 saturated carbocycles. The molecule has 1 rings (SSSR count). The van der Waals surface area contributed by atoms with Crippen LogP contribution in [-0.2, 0) is 4.79 Å². The second-order valence-electron chi connectivity index (χ2n) is 4.52. The van der Waals surface area contributed by atoms with Gasteiger partial charge in [-0.25, -0.2) is 0 Å². The zero-order valence-corrected chi connectivity index (χ0v) is 10.8. The number of benzene rings is 1. The molecule has 1 unspecified atom stereocenters. The second-order valence-corrected chi connectivity index (χ2v) is 4.52. The molecule has 0 aliphatic carbocycles. The molecule has 17 heavy (non-hydrogen) atoms. The van der Waals surface area contributed by atoms with Gasteiger partial charge in [0.15, 0.2) is 0 Å². The van der Waals surface area contributed by atoms with E-state index in [0.29, 0.717) is 12.3 Å². The molecule has 1 atom stereocenters. The van der Waals surface area contributed by atoms with E-state index in [0.717, 1.165) is 5.57 Å². The Morgan fingerprint density at radius 1 is 1.24 bits per heavy atom. The van der Waals surface area contributed by atoms with Crippen LogP contribution in [0.3, 0.4) is 0 Å². The zero-order valence-electron chi connectivity index (χ0n) is 10.8. The normalized spacial score (nSPS) is 13.9. The van der Waals surface area contributed by atoms with E-state index in [2.05, 4.69) is 37.3 Å². The minimum atomic E-state index is 0.220. The monoisotopic (exact) mass is 228 g/mol. The molecule has 0 spiro atoms.